The molecule has 1 N–H and O–H groups in total. The lowest BCUT2D eigenvalue weighted by atomic mass is 10.1. The van der Waals surface area contributed by atoms with Gasteiger partial charge in [0.05, 0.1) is 6.61 Å². The number of aryl methyl sites for hydroxylation is 1. The van der Waals surface area contributed by atoms with E-state index in [9.17, 15) is 9.59 Å². The summed E-state index contributed by atoms with van der Waals surface area (Å²) in [4.78, 5) is 23.5. The van der Waals surface area contributed by atoms with Gasteiger partial charge >= 0.3 is 5.97 Å². The average molecular weight is 309 g/mol. The summed E-state index contributed by atoms with van der Waals surface area (Å²) in [5, 5.41) is 2.86. The SMILES string of the molecule is CCOC(=O)/C=C/c1ccc(NC(=O)c2ccccc2C)cc1. The van der Waals surface area contributed by atoms with E-state index >= 15 is 0 Å². The third kappa shape index (κ3) is 4.81. The zero-order chi connectivity index (χ0) is 16.7. The maximum absolute atomic E-state index is 12.2. The van der Waals surface area contributed by atoms with Crippen LogP contribution >= 0.6 is 0 Å². The monoisotopic (exact) mass is 309 g/mol. The number of esters is 1. The van der Waals surface area contributed by atoms with Crippen LogP contribution in [-0.2, 0) is 9.53 Å². The van der Waals surface area contributed by atoms with Crippen LogP contribution in [0.4, 0.5) is 5.69 Å². The second-order valence-electron chi connectivity index (χ2n) is 4.98. The van der Waals surface area contributed by atoms with Crippen molar-refractivity contribution in [3.63, 3.8) is 0 Å². The van der Waals surface area contributed by atoms with E-state index < -0.39 is 0 Å². The number of carbonyl (C=O) groups excluding carboxylic acids is 2. The second kappa shape index (κ2) is 7.94. The van der Waals surface area contributed by atoms with E-state index in [1.165, 1.54) is 6.08 Å². The third-order valence-electron chi connectivity index (χ3n) is 3.26. The molecular weight excluding hydrogens is 290 g/mol. The number of anilines is 1. The highest BCUT2D eigenvalue weighted by Crippen LogP contribution is 2.14. The zero-order valence-corrected chi connectivity index (χ0v) is 13.2. The third-order valence-corrected chi connectivity index (χ3v) is 3.26. The molecule has 4 heteroatoms. The molecule has 0 heterocycles. The molecule has 0 saturated heterocycles. The maximum atomic E-state index is 12.2. The van der Waals surface area contributed by atoms with Crippen molar-refractivity contribution < 1.29 is 14.3 Å². The Kier molecular flexibility index (Phi) is 5.69. The van der Waals surface area contributed by atoms with Gasteiger partial charge in [-0.2, -0.15) is 0 Å². The Morgan fingerprint density at radius 2 is 1.78 bits per heavy atom. The molecular formula is C19H19NO3. The minimum Gasteiger partial charge on any atom is -0.463 e. The number of nitrogens with one attached hydrogen (secondary N) is 1. The first kappa shape index (κ1) is 16.5. The number of amides is 1. The smallest absolute Gasteiger partial charge is 0.330 e. The molecule has 4 nitrogen and oxygen atoms in total. The van der Waals surface area contributed by atoms with Crippen molar-refractivity contribution in [2.75, 3.05) is 11.9 Å². The van der Waals surface area contributed by atoms with Crippen molar-refractivity contribution in [2.45, 2.75) is 13.8 Å². The molecule has 1 amide bonds. The van der Waals surface area contributed by atoms with Gasteiger partial charge in [0.1, 0.15) is 0 Å². The fraction of sp³-hybridized carbons (Fsp3) is 0.158. The summed E-state index contributed by atoms with van der Waals surface area (Å²) in [7, 11) is 0. The van der Waals surface area contributed by atoms with Gasteiger partial charge in [-0.1, -0.05) is 30.3 Å². The van der Waals surface area contributed by atoms with Crippen LogP contribution in [0.15, 0.2) is 54.6 Å². The molecule has 0 saturated carbocycles. The standard InChI is InChI=1S/C19H19NO3/c1-3-23-18(21)13-10-15-8-11-16(12-9-15)20-19(22)17-7-5-4-6-14(17)2/h4-13H,3H2,1-2H3,(H,20,22)/b13-10+. The van der Waals surface area contributed by atoms with E-state index in [-0.39, 0.29) is 11.9 Å². The van der Waals surface area contributed by atoms with E-state index in [1.807, 2.05) is 37.3 Å². The second-order valence-corrected chi connectivity index (χ2v) is 4.98. The molecule has 0 unspecified atom stereocenters. The van der Waals surface area contributed by atoms with Crippen molar-refractivity contribution in [3.8, 4) is 0 Å². The molecule has 2 aromatic rings. The summed E-state index contributed by atoms with van der Waals surface area (Å²) >= 11 is 0. The Labute approximate surface area is 135 Å². The molecule has 0 aliphatic heterocycles. The summed E-state index contributed by atoms with van der Waals surface area (Å²) < 4.78 is 4.82. The van der Waals surface area contributed by atoms with E-state index in [4.69, 9.17) is 4.74 Å². The van der Waals surface area contributed by atoms with Crippen molar-refractivity contribution in [1.82, 2.24) is 0 Å². The average Bonchev–Trinajstić information content (AvgIpc) is 2.55. The topological polar surface area (TPSA) is 55.4 Å². The van der Waals surface area contributed by atoms with Crippen molar-refractivity contribution >= 4 is 23.6 Å². The number of benzene rings is 2. The summed E-state index contributed by atoms with van der Waals surface area (Å²) in [5.41, 5.74) is 3.14. The highest BCUT2D eigenvalue weighted by Gasteiger charge is 2.08. The molecule has 0 fully saturated rings. The van der Waals surface area contributed by atoms with Crippen molar-refractivity contribution in [1.29, 1.82) is 0 Å². The lowest BCUT2D eigenvalue weighted by Gasteiger charge is -2.07. The predicted molar refractivity (Wildman–Crippen MR) is 91.2 cm³/mol. The number of rotatable bonds is 5. The predicted octanol–water partition coefficient (Wildman–Crippen LogP) is 3.82. The molecule has 2 aromatic carbocycles. The molecule has 0 bridgehead atoms. The van der Waals surface area contributed by atoms with E-state index in [1.54, 1.807) is 31.2 Å². The van der Waals surface area contributed by atoms with Gasteiger partial charge in [0.2, 0.25) is 0 Å². The molecule has 118 valence electrons. The summed E-state index contributed by atoms with van der Waals surface area (Å²) in [6.07, 6.45) is 3.05. The van der Waals surface area contributed by atoms with Crippen LogP contribution in [0.5, 0.6) is 0 Å². The van der Waals surface area contributed by atoms with E-state index in [0.717, 1.165) is 11.1 Å². The summed E-state index contributed by atoms with van der Waals surface area (Å²) in [6, 6.07) is 14.7. The lowest BCUT2D eigenvalue weighted by molar-refractivity contribution is -0.137. The minimum absolute atomic E-state index is 0.141. The van der Waals surface area contributed by atoms with Crippen LogP contribution < -0.4 is 5.32 Å². The van der Waals surface area contributed by atoms with Crippen LogP contribution in [0.2, 0.25) is 0 Å². The van der Waals surface area contributed by atoms with Gasteiger partial charge in [-0.05, 0) is 49.2 Å². The van der Waals surface area contributed by atoms with Crippen LogP contribution in [0.25, 0.3) is 6.08 Å². The molecule has 0 aromatic heterocycles. The molecule has 23 heavy (non-hydrogen) atoms. The first-order chi connectivity index (χ1) is 11.1. The van der Waals surface area contributed by atoms with Gasteiger partial charge in [0, 0.05) is 17.3 Å². The Hall–Kier alpha value is -2.88. The summed E-state index contributed by atoms with van der Waals surface area (Å²) in [6.45, 7) is 4.02. The van der Waals surface area contributed by atoms with Gasteiger partial charge in [-0.25, -0.2) is 4.79 Å². The summed E-state index contributed by atoms with van der Waals surface area (Å²) in [5.74, 6) is -0.512. The van der Waals surface area contributed by atoms with Gasteiger partial charge in [0.25, 0.3) is 5.91 Å². The maximum Gasteiger partial charge on any atom is 0.330 e. The first-order valence-electron chi connectivity index (χ1n) is 7.42. The van der Waals surface area contributed by atoms with Crippen LogP contribution in [0.3, 0.4) is 0 Å². The lowest BCUT2D eigenvalue weighted by Crippen LogP contribution is -2.13. The van der Waals surface area contributed by atoms with Crippen LogP contribution in [0.1, 0.15) is 28.4 Å². The molecule has 0 aliphatic carbocycles. The van der Waals surface area contributed by atoms with Crippen molar-refractivity contribution in [3.05, 3.63) is 71.3 Å². The Bertz CT molecular complexity index is 718. The molecule has 0 aliphatic rings. The number of ether oxygens (including phenoxy) is 1. The van der Waals surface area contributed by atoms with Gasteiger partial charge in [0.15, 0.2) is 0 Å². The highest BCUT2D eigenvalue weighted by molar-refractivity contribution is 6.05. The van der Waals surface area contributed by atoms with Crippen LogP contribution in [0, 0.1) is 6.92 Å². The highest BCUT2D eigenvalue weighted by atomic mass is 16.5. The molecule has 2 rings (SSSR count). The van der Waals surface area contributed by atoms with E-state index in [0.29, 0.717) is 17.9 Å². The fourth-order valence-electron chi connectivity index (χ4n) is 2.06. The quantitative estimate of drug-likeness (QED) is 0.674. The normalized spacial score (nSPS) is 10.5. The Morgan fingerprint density at radius 3 is 2.43 bits per heavy atom. The Balaban J connectivity index is 2.01. The first-order valence-corrected chi connectivity index (χ1v) is 7.42. The van der Waals surface area contributed by atoms with Gasteiger partial charge < -0.3 is 10.1 Å². The molecule has 0 radical (unpaired) electrons. The van der Waals surface area contributed by atoms with Gasteiger partial charge in [-0.3, -0.25) is 4.79 Å². The zero-order valence-electron chi connectivity index (χ0n) is 13.2. The molecule has 0 spiro atoms. The van der Waals surface area contributed by atoms with Crippen LogP contribution in [-0.4, -0.2) is 18.5 Å². The van der Waals surface area contributed by atoms with Gasteiger partial charge in [-0.15, -0.1) is 0 Å². The number of hydrogen-bond acceptors (Lipinski definition) is 3. The number of carbonyl (C=O) groups is 2. The Morgan fingerprint density at radius 1 is 1.09 bits per heavy atom. The minimum atomic E-state index is -0.371. The number of hydrogen-bond donors (Lipinski definition) is 1. The molecule has 0 atom stereocenters. The largest absolute Gasteiger partial charge is 0.463 e. The van der Waals surface area contributed by atoms with Crippen molar-refractivity contribution in [2.24, 2.45) is 0 Å². The van der Waals surface area contributed by atoms with E-state index in [2.05, 4.69) is 5.32 Å². The fourth-order valence-corrected chi connectivity index (χ4v) is 2.06.